The summed E-state index contributed by atoms with van der Waals surface area (Å²) in [4.78, 5) is 25.4. The Hall–Kier alpha value is -2.22. The standard InChI is InChI=1S/C16H23N7O/c1-12-10-13(23-15(20-12)18-11-19-23)21-6-8-22(9-7-21)14(24)16(17)4-2-3-5-16/h10-11H,2-9,17H2,1H3. The third-order valence-corrected chi connectivity index (χ3v) is 5.17. The molecule has 2 N–H and O–H groups in total. The Morgan fingerprint density at radius 2 is 1.92 bits per heavy atom. The first kappa shape index (κ1) is 15.3. The van der Waals surface area contributed by atoms with Gasteiger partial charge in [0.25, 0.3) is 5.78 Å². The summed E-state index contributed by atoms with van der Waals surface area (Å²) in [5.74, 6) is 1.71. The van der Waals surface area contributed by atoms with Crippen LogP contribution in [0.2, 0.25) is 0 Å². The van der Waals surface area contributed by atoms with E-state index in [1.54, 1.807) is 4.52 Å². The van der Waals surface area contributed by atoms with E-state index in [9.17, 15) is 4.79 Å². The van der Waals surface area contributed by atoms with Gasteiger partial charge in [-0.05, 0) is 19.8 Å². The van der Waals surface area contributed by atoms with Gasteiger partial charge in [-0.1, -0.05) is 12.8 Å². The van der Waals surface area contributed by atoms with Crippen molar-refractivity contribution in [2.45, 2.75) is 38.1 Å². The summed E-state index contributed by atoms with van der Waals surface area (Å²) in [5, 5.41) is 4.26. The van der Waals surface area contributed by atoms with Crippen molar-refractivity contribution in [3.8, 4) is 0 Å². The Kier molecular flexibility index (Phi) is 3.64. The highest BCUT2D eigenvalue weighted by Crippen LogP contribution is 2.29. The van der Waals surface area contributed by atoms with Gasteiger partial charge in [0.15, 0.2) is 0 Å². The van der Waals surface area contributed by atoms with E-state index in [0.717, 1.165) is 50.3 Å². The van der Waals surface area contributed by atoms with Crippen LogP contribution >= 0.6 is 0 Å². The lowest BCUT2D eigenvalue weighted by Gasteiger charge is -2.39. The Labute approximate surface area is 140 Å². The average Bonchev–Trinajstić information content (AvgIpc) is 3.23. The number of amides is 1. The van der Waals surface area contributed by atoms with Gasteiger partial charge in [0.2, 0.25) is 5.91 Å². The topological polar surface area (TPSA) is 92.7 Å². The van der Waals surface area contributed by atoms with Crippen LogP contribution in [-0.2, 0) is 4.79 Å². The first-order valence-corrected chi connectivity index (χ1v) is 8.57. The minimum Gasteiger partial charge on any atom is -0.353 e. The Balaban J connectivity index is 1.49. The summed E-state index contributed by atoms with van der Waals surface area (Å²) in [6.07, 6.45) is 5.26. The number of anilines is 1. The number of fused-ring (bicyclic) bond motifs is 1. The van der Waals surface area contributed by atoms with Gasteiger partial charge in [0.05, 0.1) is 5.54 Å². The van der Waals surface area contributed by atoms with Gasteiger partial charge in [-0.3, -0.25) is 4.79 Å². The van der Waals surface area contributed by atoms with E-state index in [0.29, 0.717) is 18.9 Å². The normalized spacial score (nSPS) is 20.8. The predicted octanol–water partition coefficient (Wildman–Crippen LogP) is 0.353. The van der Waals surface area contributed by atoms with Gasteiger partial charge in [-0.15, -0.1) is 0 Å². The molecule has 24 heavy (non-hydrogen) atoms. The molecule has 2 aliphatic rings. The molecule has 0 aromatic carbocycles. The summed E-state index contributed by atoms with van der Waals surface area (Å²) < 4.78 is 1.76. The van der Waals surface area contributed by atoms with E-state index >= 15 is 0 Å². The zero-order valence-electron chi connectivity index (χ0n) is 14.0. The highest BCUT2D eigenvalue weighted by molar-refractivity contribution is 5.86. The second-order valence-corrected chi connectivity index (χ2v) is 6.87. The number of nitrogens with two attached hydrogens (primary N) is 1. The van der Waals surface area contributed by atoms with Crippen LogP contribution in [0.5, 0.6) is 0 Å². The largest absolute Gasteiger partial charge is 0.353 e. The summed E-state index contributed by atoms with van der Waals surface area (Å²) >= 11 is 0. The number of carbonyl (C=O) groups is 1. The van der Waals surface area contributed by atoms with E-state index in [1.807, 2.05) is 17.9 Å². The Bertz CT molecular complexity index is 757. The average molecular weight is 329 g/mol. The molecule has 8 nitrogen and oxygen atoms in total. The summed E-state index contributed by atoms with van der Waals surface area (Å²) in [7, 11) is 0. The maximum absolute atomic E-state index is 12.7. The van der Waals surface area contributed by atoms with Crippen molar-refractivity contribution in [1.29, 1.82) is 0 Å². The minimum atomic E-state index is -0.630. The number of piperazine rings is 1. The second-order valence-electron chi connectivity index (χ2n) is 6.87. The molecule has 0 bridgehead atoms. The molecular weight excluding hydrogens is 306 g/mol. The summed E-state index contributed by atoms with van der Waals surface area (Å²) in [6, 6.07) is 2.01. The van der Waals surface area contributed by atoms with Crippen LogP contribution in [0, 0.1) is 6.92 Å². The second kappa shape index (κ2) is 5.70. The van der Waals surface area contributed by atoms with Crippen molar-refractivity contribution < 1.29 is 4.79 Å². The highest BCUT2D eigenvalue weighted by atomic mass is 16.2. The van der Waals surface area contributed by atoms with Crippen LogP contribution in [0.1, 0.15) is 31.4 Å². The molecule has 0 radical (unpaired) electrons. The Morgan fingerprint density at radius 1 is 1.21 bits per heavy atom. The summed E-state index contributed by atoms with van der Waals surface area (Å²) in [6.45, 7) is 4.86. The number of aromatic nitrogens is 4. The molecule has 2 aromatic heterocycles. The lowest BCUT2D eigenvalue weighted by molar-refractivity contribution is -0.137. The number of aryl methyl sites for hydroxylation is 1. The third-order valence-electron chi connectivity index (χ3n) is 5.17. The zero-order valence-corrected chi connectivity index (χ0v) is 14.0. The van der Waals surface area contributed by atoms with Crippen molar-refractivity contribution in [3.05, 3.63) is 18.1 Å². The smallest absolute Gasteiger partial charge is 0.254 e. The van der Waals surface area contributed by atoms with Crippen LogP contribution < -0.4 is 10.6 Å². The molecule has 8 heteroatoms. The SMILES string of the molecule is Cc1cc(N2CCN(C(=O)C3(N)CCCC3)CC2)n2ncnc2n1. The quantitative estimate of drug-likeness (QED) is 0.855. The number of carbonyl (C=O) groups excluding carboxylic acids is 1. The van der Waals surface area contributed by atoms with Gasteiger partial charge in [0.1, 0.15) is 12.1 Å². The molecule has 2 fully saturated rings. The molecule has 1 amide bonds. The lowest BCUT2D eigenvalue weighted by Crippen LogP contribution is -2.58. The first-order valence-electron chi connectivity index (χ1n) is 8.57. The van der Waals surface area contributed by atoms with E-state index < -0.39 is 5.54 Å². The summed E-state index contributed by atoms with van der Waals surface area (Å²) in [5.41, 5.74) is 6.61. The van der Waals surface area contributed by atoms with Crippen LogP contribution in [0.4, 0.5) is 5.82 Å². The minimum absolute atomic E-state index is 0.122. The zero-order chi connectivity index (χ0) is 16.7. The van der Waals surface area contributed by atoms with Crippen molar-refractivity contribution in [2.75, 3.05) is 31.1 Å². The number of hydrogen-bond acceptors (Lipinski definition) is 6. The van der Waals surface area contributed by atoms with E-state index in [1.165, 1.54) is 6.33 Å². The highest BCUT2D eigenvalue weighted by Gasteiger charge is 2.40. The van der Waals surface area contributed by atoms with Gasteiger partial charge in [-0.25, -0.2) is 4.98 Å². The molecule has 3 heterocycles. The number of nitrogens with zero attached hydrogens (tertiary/aromatic N) is 6. The maximum atomic E-state index is 12.7. The van der Waals surface area contributed by atoms with E-state index in [2.05, 4.69) is 20.0 Å². The van der Waals surface area contributed by atoms with E-state index in [-0.39, 0.29) is 5.91 Å². The molecule has 1 aliphatic heterocycles. The fourth-order valence-electron chi connectivity index (χ4n) is 3.81. The monoisotopic (exact) mass is 329 g/mol. The molecule has 0 atom stereocenters. The molecule has 0 unspecified atom stereocenters. The van der Waals surface area contributed by atoms with Crippen LogP contribution in [0.25, 0.3) is 5.78 Å². The molecule has 1 saturated heterocycles. The predicted molar refractivity (Wildman–Crippen MR) is 89.7 cm³/mol. The third kappa shape index (κ3) is 2.50. The lowest BCUT2D eigenvalue weighted by atomic mass is 9.97. The van der Waals surface area contributed by atoms with Crippen LogP contribution in [0.3, 0.4) is 0 Å². The van der Waals surface area contributed by atoms with Crippen LogP contribution in [-0.4, -0.2) is 62.1 Å². The van der Waals surface area contributed by atoms with Gasteiger partial charge in [-0.2, -0.15) is 14.6 Å². The maximum Gasteiger partial charge on any atom is 0.254 e. The molecular formula is C16H23N7O. The van der Waals surface area contributed by atoms with Gasteiger partial charge >= 0.3 is 0 Å². The molecule has 0 spiro atoms. The molecule has 2 aromatic rings. The fraction of sp³-hybridized carbons (Fsp3) is 0.625. The van der Waals surface area contributed by atoms with Crippen molar-refractivity contribution in [3.63, 3.8) is 0 Å². The van der Waals surface area contributed by atoms with Crippen molar-refractivity contribution in [1.82, 2.24) is 24.5 Å². The van der Waals surface area contributed by atoms with Crippen LogP contribution in [0.15, 0.2) is 12.4 Å². The fourth-order valence-corrected chi connectivity index (χ4v) is 3.81. The molecule has 1 aliphatic carbocycles. The first-order chi connectivity index (χ1) is 11.6. The molecule has 1 saturated carbocycles. The number of hydrogen-bond donors (Lipinski definition) is 1. The number of rotatable bonds is 2. The van der Waals surface area contributed by atoms with Crippen molar-refractivity contribution in [2.24, 2.45) is 5.73 Å². The molecule has 128 valence electrons. The van der Waals surface area contributed by atoms with E-state index in [4.69, 9.17) is 5.73 Å². The molecule has 4 rings (SSSR count). The Morgan fingerprint density at radius 3 is 2.62 bits per heavy atom. The van der Waals surface area contributed by atoms with Gasteiger partial charge in [0, 0.05) is 37.9 Å². The van der Waals surface area contributed by atoms with Gasteiger partial charge < -0.3 is 15.5 Å². The van der Waals surface area contributed by atoms with Crippen molar-refractivity contribution >= 4 is 17.5 Å².